The average Bonchev–Trinajstić information content (AvgIpc) is 2.34. The minimum atomic E-state index is -0.542. The van der Waals surface area contributed by atoms with Gasteiger partial charge in [-0.05, 0) is 12.8 Å². The summed E-state index contributed by atoms with van der Waals surface area (Å²) < 4.78 is 0. The number of hydrazine groups is 1. The third-order valence-electron chi connectivity index (χ3n) is 3.09. The topological polar surface area (TPSA) is 105 Å². The van der Waals surface area contributed by atoms with E-state index in [0.717, 1.165) is 6.42 Å². The van der Waals surface area contributed by atoms with Crippen LogP contribution in [-0.4, -0.2) is 41.2 Å². The maximum atomic E-state index is 11.8. The molecule has 1 rings (SSSR count). The number of hydrogen-bond donors (Lipinski definition) is 3. The molecule has 3 amide bonds. The third kappa shape index (κ3) is 3.05. The maximum Gasteiger partial charge on any atom is 0.251 e. The molecule has 0 saturated carbocycles. The molecule has 1 heterocycles. The SMILES string of the molecule is CCCC(C(=O)NN)N1CC(=O)NC(=O)C1CC. The Kier molecular flexibility index (Phi) is 5.24. The highest BCUT2D eigenvalue weighted by molar-refractivity contribution is 6.01. The molecule has 1 saturated heterocycles. The van der Waals surface area contributed by atoms with Crippen molar-refractivity contribution in [3.63, 3.8) is 0 Å². The highest BCUT2D eigenvalue weighted by atomic mass is 16.2. The monoisotopic (exact) mass is 256 g/mol. The Balaban J connectivity index is 2.94. The first-order valence-electron chi connectivity index (χ1n) is 6.15. The predicted octanol–water partition coefficient (Wildman–Crippen LogP) is -1.12. The molecule has 0 aliphatic carbocycles. The molecule has 0 spiro atoms. The standard InChI is InChI=1S/C11H20N4O3/c1-3-5-8(11(18)14-12)15-6-9(16)13-10(17)7(15)4-2/h7-8H,3-6,12H2,1-2H3,(H,14,18)(H,13,16,17). The summed E-state index contributed by atoms with van der Waals surface area (Å²) in [5.41, 5.74) is 2.10. The zero-order valence-electron chi connectivity index (χ0n) is 10.7. The average molecular weight is 256 g/mol. The lowest BCUT2D eigenvalue weighted by Crippen LogP contribution is -2.63. The van der Waals surface area contributed by atoms with E-state index >= 15 is 0 Å². The van der Waals surface area contributed by atoms with Gasteiger partial charge < -0.3 is 0 Å². The summed E-state index contributed by atoms with van der Waals surface area (Å²) in [5.74, 6) is 4.06. The molecule has 7 heteroatoms. The highest BCUT2D eigenvalue weighted by Gasteiger charge is 2.38. The Labute approximate surface area is 106 Å². The molecular formula is C11H20N4O3. The summed E-state index contributed by atoms with van der Waals surface area (Å²) in [6.07, 6.45) is 1.86. The highest BCUT2D eigenvalue weighted by Crippen LogP contribution is 2.16. The number of carbonyl (C=O) groups is 3. The van der Waals surface area contributed by atoms with Crippen LogP contribution in [0.2, 0.25) is 0 Å². The van der Waals surface area contributed by atoms with Crippen LogP contribution in [0.4, 0.5) is 0 Å². The molecule has 0 aromatic rings. The Morgan fingerprint density at radius 1 is 1.56 bits per heavy atom. The predicted molar refractivity (Wildman–Crippen MR) is 65.0 cm³/mol. The molecule has 1 aliphatic heterocycles. The lowest BCUT2D eigenvalue weighted by molar-refractivity contribution is -0.144. The fourth-order valence-corrected chi connectivity index (χ4v) is 2.25. The van der Waals surface area contributed by atoms with Crippen LogP contribution in [0.1, 0.15) is 33.1 Å². The van der Waals surface area contributed by atoms with Gasteiger partial charge in [-0.15, -0.1) is 0 Å². The first-order chi connectivity index (χ1) is 8.54. The second kappa shape index (κ2) is 6.46. The molecule has 0 radical (unpaired) electrons. The van der Waals surface area contributed by atoms with E-state index in [1.807, 2.05) is 13.8 Å². The number of hydrogen-bond acceptors (Lipinski definition) is 5. The van der Waals surface area contributed by atoms with Crippen molar-refractivity contribution < 1.29 is 14.4 Å². The Morgan fingerprint density at radius 3 is 2.72 bits per heavy atom. The summed E-state index contributed by atoms with van der Waals surface area (Å²) in [6.45, 7) is 3.82. The molecule has 102 valence electrons. The van der Waals surface area contributed by atoms with Gasteiger partial charge in [0.2, 0.25) is 11.8 Å². The number of nitrogens with one attached hydrogen (secondary N) is 2. The smallest absolute Gasteiger partial charge is 0.251 e. The number of carbonyl (C=O) groups excluding carboxylic acids is 3. The van der Waals surface area contributed by atoms with Crippen molar-refractivity contribution in [2.45, 2.75) is 45.2 Å². The van der Waals surface area contributed by atoms with Crippen LogP contribution in [-0.2, 0) is 14.4 Å². The lowest BCUT2D eigenvalue weighted by atomic mass is 10.0. The lowest BCUT2D eigenvalue weighted by Gasteiger charge is -2.38. The van der Waals surface area contributed by atoms with E-state index in [1.165, 1.54) is 0 Å². The van der Waals surface area contributed by atoms with Gasteiger partial charge in [-0.1, -0.05) is 20.3 Å². The summed E-state index contributed by atoms with van der Waals surface area (Å²) in [5, 5.41) is 2.28. The van der Waals surface area contributed by atoms with Crippen LogP contribution in [0.25, 0.3) is 0 Å². The van der Waals surface area contributed by atoms with Gasteiger partial charge in [0.05, 0.1) is 18.6 Å². The molecule has 2 unspecified atom stereocenters. The minimum absolute atomic E-state index is 0.0440. The van der Waals surface area contributed by atoms with E-state index in [0.29, 0.717) is 12.8 Å². The second-order valence-electron chi connectivity index (χ2n) is 4.32. The number of piperazine rings is 1. The third-order valence-corrected chi connectivity index (χ3v) is 3.09. The number of nitrogens with zero attached hydrogens (tertiary/aromatic N) is 1. The van der Waals surface area contributed by atoms with E-state index in [9.17, 15) is 14.4 Å². The zero-order chi connectivity index (χ0) is 13.7. The van der Waals surface area contributed by atoms with E-state index in [4.69, 9.17) is 5.84 Å². The summed E-state index contributed by atoms with van der Waals surface area (Å²) >= 11 is 0. The molecule has 18 heavy (non-hydrogen) atoms. The normalized spacial score (nSPS) is 22.5. The fraction of sp³-hybridized carbons (Fsp3) is 0.727. The van der Waals surface area contributed by atoms with Crippen LogP contribution >= 0.6 is 0 Å². The quantitative estimate of drug-likeness (QED) is 0.250. The van der Waals surface area contributed by atoms with Crippen molar-refractivity contribution in [2.75, 3.05) is 6.54 Å². The molecular weight excluding hydrogens is 236 g/mol. The van der Waals surface area contributed by atoms with Gasteiger partial charge in [-0.2, -0.15) is 0 Å². The van der Waals surface area contributed by atoms with Crippen molar-refractivity contribution in [3.05, 3.63) is 0 Å². The van der Waals surface area contributed by atoms with E-state index in [-0.39, 0.29) is 24.3 Å². The first kappa shape index (κ1) is 14.6. The Bertz CT molecular complexity index is 345. The van der Waals surface area contributed by atoms with Gasteiger partial charge in [0.1, 0.15) is 0 Å². The van der Waals surface area contributed by atoms with E-state index < -0.39 is 12.1 Å². The summed E-state index contributed by atoms with van der Waals surface area (Å²) in [7, 11) is 0. The minimum Gasteiger partial charge on any atom is -0.294 e. The summed E-state index contributed by atoms with van der Waals surface area (Å²) in [6, 6.07) is -1.00. The maximum absolute atomic E-state index is 11.8. The number of amides is 3. The molecule has 7 nitrogen and oxygen atoms in total. The Hall–Kier alpha value is -1.47. The largest absolute Gasteiger partial charge is 0.294 e. The second-order valence-corrected chi connectivity index (χ2v) is 4.32. The number of imide groups is 1. The van der Waals surface area contributed by atoms with Crippen LogP contribution in [0.5, 0.6) is 0 Å². The fourth-order valence-electron chi connectivity index (χ4n) is 2.25. The summed E-state index contributed by atoms with van der Waals surface area (Å²) in [4.78, 5) is 36.5. The van der Waals surface area contributed by atoms with Gasteiger partial charge in [0.15, 0.2) is 0 Å². The number of nitrogens with two attached hydrogens (primary N) is 1. The van der Waals surface area contributed by atoms with Gasteiger partial charge in [-0.25, -0.2) is 5.84 Å². The van der Waals surface area contributed by atoms with Crippen molar-refractivity contribution in [1.29, 1.82) is 0 Å². The van der Waals surface area contributed by atoms with Crippen LogP contribution in [0, 0.1) is 0 Å². The van der Waals surface area contributed by atoms with Gasteiger partial charge >= 0.3 is 0 Å². The molecule has 1 aliphatic rings. The van der Waals surface area contributed by atoms with Crippen molar-refractivity contribution in [1.82, 2.24) is 15.6 Å². The van der Waals surface area contributed by atoms with Crippen LogP contribution < -0.4 is 16.6 Å². The van der Waals surface area contributed by atoms with Crippen molar-refractivity contribution >= 4 is 17.7 Å². The zero-order valence-corrected chi connectivity index (χ0v) is 10.7. The molecule has 0 aromatic heterocycles. The van der Waals surface area contributed by atoms with E-state index in [2.05, 4.69) is 10.7 Å². The molecule has 4 N–H and O–H groups in total. The van der Waals surface area contributed by atoms with Crippen LogP contribution in [0.15, 0.2) is 0 Å². The van der Waals surface area contributed by atoms with Crippen molar-refractivity contribution in [3.8, 4) is 0 Å². The van der Waals surface area contributed by atoms with E-state index in [1.54, 1.807) is 4.90 Å². The van der Waals surface area contributed by atoms with Gasteiger partial charge in [0.25, 0.3) is 5.91 Å². The first-order valence-corrected chi connectivity index (χ1v) is 6.15. The van der Waals surface area contributed by atoms with Gasteiger partial charge in [-0.3, -0.25) is 30.0 Å². The molecule has 1 fully saturated rings. The Morgan fingerprint density at radius 2 is 2.22 bits per heavy atom. The molecule has 2 atom stereocenters. The molecule has 0 aromatic carbocycles. The molecule has 0 bridgehead atoms. The van der Waals surface area contributed by atoms with Gasteiger partial charge in [0, 0.05) is 0 Å². The van der Waals surface area contributed by atoms with Crippen molar-refractivity contribution in [2.24, 2.45) is 5.84 Å². The van der Waals surface area contributed by atoms with Crippen LogP contribution in [0.3, 0.4) is 0 Å². The number of rotatable bonds is 5.